The van der Waals surface area contributed by atoms with E-state index in [1.165, 1.54) is 7.11 Å². The van der Waals surface area contributed by atoms with Crippen LogP contribution in [-0.4, -0.2) is 31.6 Å². The van der Waals surface area contributed by atoms with Crippen LogP contribution in [0, 0.1) is 0 Å². The fraction of sp³-hybridized carbons (Fsp3) is 0.357. The van der Waals surface area contributed by atoms with Crippen LogP contribution in [0.3, 0.4) is 0 Å². The number of hydrogen-bond acceptors (Lipinski definition) is 5. The first-order valence-corrected chi connectivity index (χ1v) is 6.16. The lowest BCUT2D eigenvalue weighted by atomic mass is 10.1. The summed E-state index contributed by atoms with van der Waals surface area (Å²) in [6, 6.07) is 6.66. The van der Waals surface area contributed by atoms with Gasteiger partial charge in [-0.3, -0.25) is 9.59 Å². The van der Waals surface area contributed by atoms with Crippen molar-refractivity contribution in [2.24, 2.45) is 0 Å². The van der Waals surface area contributed by atoms with Crippen molar-refractivity contribution in [2.75, 3.05) is 13.7 Å². The summed E-state index contributed by atoms with van der Waals surface area (Å²) in [7, 11) is 1.31. The number of benzene rings is 1. The van der Waals surface area contributed by atoms with E-state index in [2.05, 4.69) is 10.1 Å². The summed E-state index contributed by atoms with van der Waals surface area (Å²) in [5, 5.41) is 2.61. The van der Waals surface area contributed by atoms with E-state index >= 15 is 0 Å². The van der Waals surface area contributed by atoms with Gasteiger partial charge >= 0.3 is 11.9 Å². The Labute approximate surface area is 117 Å². The molecule has 0 saturated heterocycles. The average Bonchev–Trinajstić information content (AvgIpc) is 2.50. The largest absolute Gasteiger partial charge is 0.465 e. The van der Waals surface area contributed by atoms with Gasteiger partial charge < -0.3 is 14.8 Å². The van der Waals surface area contributed by atoms with Gasteiger partial charge in [-0.15, -0.1) is 0 Å². The summed E-state index contributed by atoms with van der Waals surface area (Å²) in [5.74, 6) is -1.20. The molecule has 6 heteroatoms. The van der Waals surface area contributed by atoms with Crippen LogP contribution in [-0.2, 0) is 25.6 Å². The highest BCUT2D eigenvalue weighted by atomic mass is 16.5. The Balaban J connectivity index is 2.40. The normalized spacial score (nSPS) is 9.70. The molecule has 0 heterocycles. The van der Waals surface area contributed by atoms with Crippen LogP contribution in [0.4, 0.5) is 0 Å². The standard InChI is InChI=1S/C14H17NO5/c1-3-13(17)20-9-12(16)15-8-10-4-6-11(7-5-10)14(18)19-2/h4-7H,3,8-9H2,1-2H3,(H,15,16). The van der Waals surface area contributed by atoms with Gasteiger partial charge in [-0.2, -0.15) is 0 Å². The number of esters is 2. The fourth-order valence-electron chi connectivity index (χ4n) is 1.38. The molecule has 108 valence electrons. The fourth-order valence-corrected chi connectivity index (χ4v) is 1.38. The molecule has 0 saturated carbocycles. The summed E-state index contributed by atoms with van der Waals surface area (Å²) in [6.07, 6.45) is 0.238. The molecule has 0 atom stereocenters. The quantitative estimate of drug-likeness (QED) is 0.787. The molecule has 0 spiro atoms. The number of nitrogens with one attached hydrogen (secondary N) is 1. The molecule has 1 rings (SSSR count). The minimum Gasteiger partial charge on any atom is -0.465 e. The molecular formula is C14H17NO5. The maximum Gasteiger partial charge on any atom is 0.337 e. The first kappa shape index (κ1) is 15.7. The lowest BCUT2D eigenvalue weighted by molar-refractivity contribution is -0.148. The molecular weight excluding hydrogens is 262 g/mol. The summed E-state index contributed by atoms with van der Waals surface area (Å²) in [5.41, 5.74) is 1.27. The number of amides is 1. The van der Waals surface area contributed by atoms with Gasteiger partial charge in [-0.05, 0) is 17.7 Å². The van der Waals surface area contributed by atoms with E-state index in [4.69, 9.17) is 4.74 Å². The van der Waals surface area contributed by atoms with Crippen molar-refractivity contribution in [3.63, 3.8) is 0 Å². The molecule has 0 fully saturated rings. The molecule has 0 bridgehead atoms. The van der Waals surface area contributed by atoms with Crippen molar-refractivity contribution in [3.05, 3.63) is 35.4 Å². The van der Waals surface area contributed by atoms with E-state index in [9.17, 15) is 14.4 Å². The van der Waals surface area contributed by atoms with Crippen molar-refractivity contribution in [1.29, 1.82) is 0 Å². The summed E-state index contributed by atoms with van der Waals surface area (Å²) in [4.78, 5) is 33.5. The first-order valence-electron chi connectivity index (χ1n) is 6.16. The molecule has 0 aliphatic heterocycles. The molecule has 20 heavy (non-hydrogen) atoms. The lowest BCUT2D eigenvalue weighted by Gasteiger charge is -2.06. The van der Waals surface area contributed by atoms with Crippen LogP contribution in [0.5, 0.6) is 0 Å². The van der Waals surface area contributed by atoms with E-state index in [0.717, 1.165) is 5.56 Å². The van der Waals surface area contributed by atoms with Crippen molar-refractivity contribution in [1.82, 2.24) is 5.32 Å². The molecule has 1 amide bonds. The third-order valence-corrected chi connectivity index (χ3v) is 2.52. The third kappa shape index (κ3) is 5.09. The highest BCUT2D eigenvalue weighted by Crippen LogP contribution is 2.05. The molecule has 0 aliphatic carbocycles. The van der Waals surface area contributed by atoms with Gasteiger partial charge in [-0.1, -0.05) is 19.1 Å². The predicted molar refractivity (Wildman–Crippen MR) is 70.9 cm³/mol. The van der Waals surface area contributed by atoms with Crippen LogP contribution in [0.1, 0.15) is 29.3 Å². The average molecular weight is 279 g/mol. The zero-order valence-corrected chi connectivity index (χ0v) is 11.5. The van der Waals surface area contributed by atoms with Gasteiger partial charge in [0.2, 0.25) is 0 Å². The summed E-state index contributed by atoms with van der Waals surface area (Å²) >= 11 is 0. The van der Waals surface area contributed by atoms with Crippen molar-refractivity contribution in [2.45, 2.75) is 19.9 Å². The second-order valence-electron chi connectivity index (χ2n) is 3.98. The van der Waals surface area contributed by atoms with Gasteiger partial charge in [-0.25, -0.2) is 4.79 Å². The lowest BCUT2D eigenvalue weighted by Crippen LogP contribution is -2.28. The molecule has 6 nitrogen and oxygen atoms in total. The number of carbonyl (C=O) groups is 3. The van der Waals surface area contributed by atoms with E-state index < -0.39 is 11.9 Å². The number of hydrogen-bond donors (Lipinski definition) is 1. The van der Waals surface area contributed by atoms with Crippen LogP contribution in [0.25, 0.3) is 0 Å². The van der Waals surface area contributed by atoms with Gasteiger partial charge in [0.1, 0.15) is 0 Å². The van der Waals surface area contributed by atoms with E-state index in [-0.39, 0.29) is 18.9 Å². The minimum atomic E-state index is -0.414. The van der Waals surface area contributed by atoms with Crippen LogP contribution in [0.15, 0.2) is 24.3 Å². The van der Waals surface area contributed by atoms with E-state index in [1.54, 1.807) is 31.2 Å². The van der Waals surface area contributed by atoms with Gasteiger partial charge in [0.05, 0.1) is 12.7 Å². The molecule has 0 aliphatic rings. The minimum absolute atomic E-state index is 0.238. The van der Waals surface area contributed by atoms with Crippen molar-refractivity contribution >= 4 is 17.8 Å². The monoisotopic (exact) mass is 279 g/mol. The SMILES string of the molecule is CCC(=O)OCC(=O)NCc1ccc(C(=O)OC)cc1. The number of methoxy groups -OCH3 is 1. The second-order valence-corrected chi connectivity index (χ2v) is 3.98. The van der Waals surface area contributed by atoms with Crippen molar-refractivity contribution < 1.29 is 23.9 Å². The molecule has 1 N–H and O–H groups in total. The first-order chi connectivity index (χ1) is 9.56. The number of carbonyl (C=O) groups excluding carboxylic acids is 3. The topological polar surface area (TPSA) is 81.7 Å². The van der Waals surface area contributed by atoms with Crippen molar-refractivity contribution in [3.8, 4) is 0 Å². The van der Waals surface area contributed by atoms with Gasteiger partial charge in [0.15, 0.2) is 6.61 Å². The Hall–Kier alpha value is -2.37. The Bertz CT molecular complexity index is 481. The Kier molecular flexibility index (Phi) is 6.22. The number of rotatable bonds is 6. The zero-order chi connectivity index (χ0) is 15.0. The zero-order valence-electron chi connectivity index (χ0n) is 11.5. The molecule has 0 aromatic heterocycles. The predicted octanol–water partition coefficient (Wildman–Crippen LogP) is 1.04. The third-order valence-electron chi connectivity index (χ3n) is 2.52. The van der Waals surface area contributed by atoms with Gasteiger partial charge in [0, 0.05) is 13.0 Å². The van der Waals surface area contributed by atoms with E-state index in [0.29, 0.717) is 12.1 Å². The summed E-state index contributed by atoms with van der Waals surface area (Å²) < 4.78 is 9.28. The molecule has 0 radical (unpaired) electrons. The molecule has 1 aromatic rings. The van der Waals surface area contributed by atoms with Gasteiger partial charge in [0.25, 0.3) is 5.91 Å². The smallest absolute Gasteiger partial charge is 0.337 e. The summed E-state index contributed by atoms with van der Waals surface area (Å²) in [6.45, 7) is 1.67. The molecule has 1 aromatic carbocycles. The van der Waals surface area contributed by atoms with Crippen LogP contribution >= 0.6 is 0 Å². The highest BCUT2D eigenvalue weighted by Gasteiger charge is 2.07. The maximum atomic E-state index is 11.4. The Morgan fingerprint density at radius 3 is 2.35 bits per heavy atom. The van der Waals surface area contributed by atoms with Crippen LogP contribution in [0.2, 0.25) is 0 Å². The molecule has 0 unspecified atom stereocenters. The second kappa shape index (κ2) is 7.93. The van der Waals surface area contributed by atoms with E-state index in [1.807, 2.05) is 0 Å². The number of ether oxygens (including phenoxy) is 2. The Morgan fingerprint density at radius 2 is 1.80 bits per heavy atom. The Morgan fingerprint density at radius 1 is 1.15 bits per heavy atom. The van der Waals surface area contributed by atoms with Crippen LogP contribution < -0.4 is 5.32 Å². The highest BCUT2D eigenvalue weighted by molar-refractivity contribution is 5.89. The maximum absolute atomic E-state index is 11.4.